The van der Waals surface area contributed by atoms with E-state index in [-0.39, 0.29) is 36.3 Å². The van der Waals surface area contributed by atoms with Gasteiger partial charge < -0.3 is 10.6 Å². The summed E-state index contributed by atoms with van der Waals surface area (Å²) in [6, 6.07) is 7.29. The average molecular weight is 524 g/mol. The Kier molecular flexibility index (Phi) is 6.44. The third kappa shape index (κ3) is 4.93. The number of carbonyl (C=O) groups is 3. The van der Waals surface area contributed by atoms with Crippen LogP contribution in [0.1, 0.15) is 16.9 Å². The normalized spacial score (nSPS) is 17.2. The van der Waals surface area contributed by atoms with Gasteiger partial charge in [-0.3, -0.25) is 24.4 Å². The maximum absolute atomic E-state index is 14.3. The van der Waals surface area contributed by atoms with Crippen LogP contribution in [0.25, 0.3) is 22.0 Å². The maximum atomic E-state index is 14.3. The van der Waals surface area contributed by atoms with Crippen LogP contribution in [0, 0.1) is 0 Å². The molecule has 5 rings (SSSR count). The molecule has 0 aliphatic carbocycles. The van der Waals surface area contributed by atoms with E-state index in [9.17, 15) is 18.8 Å². The number of likely N-dealkylation sites (tertiary alicyclic amines) is 1. The van der Waals surface area contributed by atoms with Gasteiger partial charge in [0.05, 0.1) is 24.5 Å². The van der Waals surface area contributed by atoms with E-state index >= 15 is 0 Å². The molecule has 12 nitrogen and oxygen atoms in total. The Bertz CT molecular complexity index is 1510. The van der Waals surface area contributed by atoms with Crippen molar-refractivity contribution in [1.29, 1.82) is 0 Å². The highest BCUT2D eigenvalue weighted by Crippen LogP contribution is 2.27. The molecule has 14 heteroatoms. The first-order valence-electron chi connectivity index (χ1n) is 11.1. The number of aromatic nitrogens is 6. The number of alkyl halides is 1. The molecule has 37 heavy (non-hydrogen) atoms. The Balaban J connectivity index is 1.41. The summed E-state index contributed by atoms with van der Waals surface area (Å²) in [6.45, 7) is -0.613. The Morgan fingerprint density at radius 1 is 1.14 bits per heavy atom. The number of fused-ring (bicyclic) bond motifs is 1. The Morgan fingerprint density at radius 2 is 1.97 bits per heavy atom. The fourth-order valence-corrected chi connectivity index (χ4v) is 4.38. The molecule has 4 aromatic rings. The van der Waals surface area contributed by atoms with Gasteiger partial charge in [-0.15, -0.1) is 0 Å². The summed E-state index contributed by atoms with van der Waals surface area (Å²) < 4.78 is 15.6. The van der Waals surface area contributed by atoms with Gasteiger partial charge in [-0.05, 0) is 29.8 Å². The Morgan fingerprint density at radius 3 is 2.70 bits per heavy atom. The van der Waals surface area contributed by atoms with Crippen molar-refractivity contribution in [2.45, 2.75) is 25.2 Å². The number of primary amides is 1. The molecule has 1 aliphatic heterocycles. The van der Waals surface area contributed by atoms with E-state index in [2.05, 4.69) is 30.6 Å². The number of nitrogens with two attached hydrogens (primary N) is 1. The number of rotatable bonds is 6. The third-order valence-electron chi connectivity index (χ3n) is 5.92. The van der Waals surface area contributed by atoms with E-state index < -0.39 is 29.9 Å². The highest BCUT2D eigenvalue weighted by Gasteiger charge is 2.40. The summed E-state index contributed by atoms with van der Waals surface area (Å²) in [5, 5.41) is 14.9. The molecule has 2 atom stereocenters. The molecule has 1 aromatic carbocycles. The lowest BCUT2D eigenvalue weighted by Gasteiger charge is -2.23. The summed E-state index contributed by atoms with van der Waals surface area (Å²) in [5.74, 6) is -2.04. The predicted molar refractivity (Wildman–Crippen MR) is 130 cm³/mol. The minimum absolute atomic E-state index is 0.0242. The monoisotopic (exact) mass is 523 g/mol. The minimum atomic E-state index is -1.40. The van der Waals surface area contributed by atoms with Crippen molar-refractivity contribution in [2.24, 2.45) is 5.73 Å². The van der Waals surface area contributed by atoms with E-state index in [1.165, 1.54) is 23.1 Å². The molecule has 0 saturated carbocycles. The van der Waals surface area contributed by atoms with E-state index in [4.69, 9.17) is 17.3 Å². The molecular weight excluding hydrogens is 505 g/mol. The maximum Gasteiger partial charge on any atom is 0.269 e. The van der Waals surface area contributed by atoms with Crippen molar-refractivity contribution >= 4 is 46.2 Å². The van der Waals surface area contributed by atoms with Crippen LogP contribution in [0.3, 0.4) is 0 Å². The zero-order chi connectivity index (χ0) is 26.1. The van der Waals surface area contributed by atoms with E-state index in [0.717, 1.165) is 16.0 Å². The second kappa shape index (κ2) is 9.85. The molecule has 4 heterocycles. The van der Waals surface area contributed by atoms with Crippen molar-refractivity contribution in [3.05, 3.63) is 59.8 Å². The van der Waals surface area contributed by atoms with E-state index in [1.54, 1.807) is 30.5 Å². The predicted octanol–water partition coefficient (Wildman–Crippen LogP) is 1.61. The molecule has 3 N–H and O–H groups in total. The molecule has 1 unspecified atom stereocenters. The molecule has 3 amide bonds. The van der Waals surface area contributed by atoms with Crippen LogP contribution < -0.4 is 11.1 Å². The average Bonchev–Trinajstić information content (AvgIpc) is 3.45. The number of nitrogens with one attached hydrogen (secondary N) is 1. The first-order valence-corrected chi connectivity index (χ1v) is 11.5. The van der Waals surface area contributed by atoms with Crippen LogP contribution in [-0.4, -0.2) is 71.3 Å². The lowest BCUT2D eigenvalue weighted by molar-refractivity contribution is -0.137. The van der Waals surface area contributed by atoms with Gasteiger partial charge in [0.1, 0.15) is 23.9 Å². The molecule has 0 spiro atoms. The molecule has 1 fully saturated rings. The number of hydrogen-bond donors (Lipinski definition) is 2. The van der Waals surface area contributed by atoms with Crippen LogP contribution in [-0.2, 0) is 16.1 Å². The zero-order valence-corrected chi connectivity index (χ0v) is 19.8. The quantitative estimate of drug-likeness (QED) is 0.360. The van der Waals surface area contributed by atoms with Gasteiger partial charge >= 0.3 is 0 Å². The topological polar surface area (TPSA) is 162 Å². The molecular formula is C23H19ClFN9O3. The van der Waals surface area contributed by atoms with Crippen LogP contribution in [0.2, 0.25) is 5.15 Å². The van der Waals surface area contributed by atoms with Gasteiger partial charge in [0.2, 0.25) is 17.8 Å². The molecule has 0 bridgehead atoms. The molecule has 188 valence electrons. The zero-order valence-electron chi connectivity index (χ0n) is 19.1. The summed E-state index contributed by atoms with van der Waals surface area (Å²) in [5.41, 5.74) is 7.50. The molecule has 3 aromatic heterocycles. The standard InChI is InChI=1S/C23H19ClFN9O3/c24-18-4-5-27-23(30-18)31-22(37)17-8-14(25)10-33(17)19(35)11-34-16-2-1-12(13-3-6-28-29-9-13)7-15(16)20(32-34)21(26)36/h1-7,9,14,17H,8,10-11H2,(H2,26,36)(H,27,30,31,37)/t14?,17-/m0/s1. The summed E-state index contributed by atoms with van der Waals surface area (Å²) >= 11 is 5.82. The second-order valence-electron chi connectivity index (χ2n) is 8.32. The SMILES string of the molecule is NC(=O)c1nn(CC(=O)N2CC(F)C[C@H]2C(=O)Nc2nccc(Cl)n2)c2ccc(-c3ccnnc3)cc12. The van der Waals surface area contributed by atoms with Crippen molar-refractivity contribution in [1.82, 2.24) is 34.8 Å². The molecule has 0 radical (unpaired) electrons. The van der Waals surface area contributed by atoms with Crippen LogP contribution in [0.5, 0.6) is 0 Å². The Labute approximate surface area is 213 Å². The number of benzene rings is 1. The molecule has 1 saturated heterocycles. The summed E-state index contributed by atoms with van der Waals surface area (Å²) in [6.07, 6.45) is 2.88. The lowest BCUT2D eigenvalue weighted by atomic mass is 10.0. The van der Waals surface area contributed by atoms with Crippen molar-refractivity contribution in [3.8, 4) is 11.1 Å². The van der Waals surface area contributed by atoms with Crippen molar-refractivity contribution < 1.29 is 18.8 Å². The summed E-state index contributed by atoms with van der Waals surface area (Å²) in [4.78, 5) is 47.1. The first kappa shape index (κ1) is 24.2. The smallest absolute Gasteiger partial charge is 0.269 e. The van der Waals surface area contributed by atoms with Gasteiger partial charge in [0.15, 0.2) is 5.69 Å². The molecule has 1 aliphatic rings. The fourth-order valence-electron chi connectivity index (χ4n) is 4.24. The number of nitrogens with zero attached hydrogens (tertiary/aromatic N) is 7. The van der Waals surface area contributed by atoms with Gasteiger partial charge in [-0.25, -0.2) is 14.4 Å². The van der Waals surface area contributed by atoms with Crippen molar-refractivity contribution in [3.63, 3.8) is 0 Å². The number of carbonyl (C=O) groups excluding carboxylic acids is 3. The van der Waals surface area contributed by atoms with Crippen LogP contribution in [0.4, 0.5) is 10.3 Å². The number of halogens is 2. The van der Waals surface area contributed by atoms with Crippen LogP contribution in [0.15, 0.2) is 48.9 Å². The van der Waals surface area contributed by atoms with Crippen LogP contribution >= 0.6 is 11.6 Å². The Hall–Kier alpha value is -4.52. The van der Waals surface area contributed by atoms with Gasteiger partial charge in [0.25, 0.3) is 5.91 Å². The van der Waals surface area contributed by atoms with Crippen molar-refractivity contribution in [2.75, 3.05) is 11.9 Å². The van der Waals surface area contributed by atoms with E-state index in [1.807, 2.05) is 0 Å². The largest absolute Gasteiger partial charge is 0.364 e. The highest BCUT2D eigenvalue weighted by molar-refractivity contribution is 6.29. The van der Waals surface area contributed by atoms with E-state index in [0.29, 0.717) is 10.9 Å². The highest BCUT2D eigenvalue weighted by atomic mass is 35.5. The van der Waals surface area contributed by atoms with Gasteiger partial charge in [0, 0.05) is 23.6 Å². The number of amides is 3. The third-order valence-corrected chi connectivity index (χ3v) is 6.13. The van der Waals surface area contributed by atoms with Gasteiger partial charge in [-0.1, -0.05) is 17.7 Å². The minimum Gasteiger partial charge on any atom is -0.364 e. The first-order chi connectivity index (χ1) is 17.8. The van der Waals surface area contributed by atoms with Gasteiger partial charge in [-0.2, -0.15) is 15.3 Å². The summed E-state index contributed by atoms with van der Waals surface area (Å²) in [7, 11) is 0. The number of anilines is 1. The second-order valence-corrected chi connectivity index (χ2v) is 8.71. The fraction of sp³-hybridized carbons (Fsp3) is 0.217. The lowest BCUT2D eigenvalue weighted by Crippen LogP contribution is -2.44. The number of hydrogen-bond acceptors (Lipinski definition) is 8.